The van der Waals surface area contributed by atoms with Gasteiger partial charge in [0.15, 0.2) is 0 Å². The van der Waals surface area contributed by atoms with Crippen molar-refractivity contribution in [3.63, 3.8) is 0 Å². The SMILES string of the molecule is O=CC1CCSSC1. The predicted octanol–water partition coefficient (Wildman–Crippen LogP) is 1.59. The first-order valence-electron chi connectivity index (χ1n) is 2.63. The lowest BCUT2D eigenvalue weighted by Gasteiger charge is -2.13. The first-order valence-corrected chi connectivity index (χ1v) is 5.12. The van der Waals surface area contributed by atoms with Gasteiger partial charge in [0.05, 0.1) is 0 Å². The van der Waals surface area contributed by atoms with Gasteiger partial charge >= 0.3 is 0 Å². The Morgan fingerprint density at radius 1 is 1.50 bits per heavy atom. The topological polar surface area (TPSA) is 17.1 Å². The van der Waals surface area contributed by atoms with Gasteiger partial charge in [0.25, 0.3) is 0 Å². The van der Waals surface area contributed by atoms with Crippen LogP contribution in [0.25, 0.3) is 0 Å². The van der Waals surface area contributed by atoms with Crippen molar-refractivity contribution in [1.82, 2.24) is 0 Å². The average Bonchev–Trinajstić information content (AvgIpc) is 1.90. The summed E-state index contributed by atoms with van der Waals surface area (Å²) >= 11 is 0. The molecule has 0 aromatic rings. The van der Waals surface area contributed by atoms with E-state index in [9.17, 15) is 4.79 Å². The van der Waals surface area contributed by atoms with Crippen molar-refractivity contribution in [3.05, 3.63) is 0 Å². The fraction of sp³-hybridized carbons (Fsp3) is 0.800. The van der Waals surface area contributed by atoms with Crippen LogP contribution in [0.4, 0.5) is 0 Å². The van der Waals surface area contributed by atoms with E-state index in [-0.39, 0.29) is 0 Å². The Balaban J connectivity index is 2.22. The second-order valence-electron chi connectivity index (χ2n) is 1.79. The maximum Gasteiger partial charge on any atom is 0.123 e. The van der Waals surface area contributed by atoms with Crippen LogP contribution in [-0.2, 0) is 4.79 Å². The lowest BCUT2D eigenvalue weighted by atomic mass is 10.1. The van der Waals surface area contributed by atoms with E-state index in [1.54, 1.807) is 0 Å². The Kier molecular flexibility index (Phi) is 2.76. The maximum atomic E-state index is 10.1. The molecule has 1 atom stereocenters. The summed E-state index contributed by atoms with van der Waals surface area (Å²) in [5.41, 5.74) is 0. The van der Waals surface area contributed by atoms with Crippen LogP contribution < -0.4 is 0 Å². The summed E-state index contributed by atoms with van der Waals surface area (Å²) in [6.45, 7) is 0. The molecular formula is C5H8OS2. The Morgan fingerprint density at radius 2 is 2.38 bits per heavy atom. The van der Waals surface area contributed by atoms with Crippen LogP contribution >= 0.6 is 21.6 Å². The van der Waals surface area contributed by atoms with Gasteiger partial charge in [-0.25, -0.2) is 0 Å². The zero-order valence-corrected chi connectivity index (χ0v) is 6.13. The van der Waals surface area contributed by atoms with E-state index in [0.717, 1.165) is 24.2 Å². The molecule has 1 unspecified atom stereocenters. The molecule has 0 aliphatic carbocycles. The van der Waals surface area contributed by atoms with E-state index in [1.807, 2.05) is 21.6 Å². The van der Waals surface area contributed by atoms with E-state index in [2.05, 4.69) is 0 Å². The molecule has 1 nitrogen and oxygen atoms in total. The Bertz CT molecular complexity index is 78.5. The lowest BCUT2D eigenvalue weighted by Crippen LogP contribution is -2.09. The normalized spacial score (nSPS) is 29.8. The first kappa shape index (κ1) is 6.49. The minimum absolute atomic E-state index is 0.348. The van der Waals surface area contributed by atoms with Crippen molar-refractivity contribution >= 4 is 27.9 Å². The number of hydrogen-bond acceptors (Lipinski definition) is 3. The molecule has 0 spiro atoms. The number of aldehydes is 1. The molecule has 0 aromatic heterocycles. The number of hydrogen-bond donors (Lipinski definition) is 0. The summed E-state index contributed by atoms with van der Waals surface area (Å²) in [5.74, 6) is 2.52. The van der Waals surface area contributed by atoms with E-state index in [1.165, 1.54) is 0 Å². The van der Waals surface area contributed by atoms with Gasteiger partial charge in [0.2, 0.25) is 0 Å². The summed E-state index contributed by atoms with van der Waals surface area (Å²) in [7, 11) is 3.68. The number of rotatable bonds is 1. The minimum Gasteiger partial charge on any atom is -0.303 e. The van der Waals surface area contributed by atoms with Crippen molar-refractivity contribution in [1.29, 1.82) is 0 Å². The summed E-state index contributed by atoms with van der Waals surface area (Å²) in [4.78, 5) is 10.1. The highest BCUT2D eigenvalue weighted by Gasteiger charge is 2.11. The van der Waals surface area contributed by atoms with Crippen molar-refractivity contribution < 1.29 is 4.79 Å². The van der Waals surface area contributed by atoms with Gasteiger partial charge in [-0.1, -0.05) is 21.6 Å². The third-order valence-electron chi connectivity index (χ3n) is 1.13. The molecule has 46 valence electrons. The second kappa shape index (κ2) is 3.41. The number of carbonyl (C=O) groups excluding carboxylic acids is 1. The first-order chi connectivity index (χ1) is 3.93. The quantitative estimate of drug-likeness (QED) is 0.415. The highest BCUT2D eigenvalue weighted by Crippen LogP contribution is 2.31. The van der Waals surface area contributed by atoms with Crippen molar-refractivity contribution in [3.8, 4) is 0 Å². The van der Waals surface area contributed by atoms with Crippen LogP contribution in [0.2, 0.25) is 0 Å². The zero-order valence-electron chi connectivity index (χ0n) is 4.50. The molecule has 1 heterocycles. The average molecular weight is 148 g/mol. The van der Waals surface area contributed by atoms with Gasteiger partial charge in [-0.2, -0.15) is 0 Å². The third kappa shape index (κ3) is 1.71. The highest BCUT2D eigenvalue weighted by molar-refractivity contribution is 8.76. The Labute approximate surface area is 57.0 Å². The van der Waals surface area contributed by atoms with Gasteiger partial charge < -0.3 is 4.79 Å². The highest BCUT2D eigenvalue weighted by atomic mass is 33.1. The second-order valence-corrected chi connectivity index (χ2v) is 4.42. The molecule has 1 saturated heterocycles. The van der Waals surface area contributed by atoms with Gasteiger partial charge in [0.1, 0.15) is 6.29 Å². The molecular weight excluding hydrogens is 140 g/mol. The molecule has 0 radical (unpaired) electrons. The van der Waals surface area contributed by atoms with E-state index >= 15 is 0 Å². The van der Waals surface area contributed by atoms with Gasteiger partial charge in [-0.3, -0.25) is 0 Å². The summed E-state index contributed by atoms with van der Waals surface area (Å²) in [5, 5.41) is 0. The van der Waals surface area contributed by atoms with E-state index in [4.69, 9.17) is 0 Å². The lowest BCUT2D eigenvalue weighted by molar-refractivity contribution is -0.110. The van der Waals surface area contributed by atoms with Crippen LogP contribution in [-0.4, -0.2) is 17.8 Å². The van der Waals surface area contributed by atoms with Gasteiger partial charge in [0, 0.05) is 17.4 Å². The molecule has 1 aliphatic rings. The molecule has 0 amide bonds. The zero-order chi connectivity index (χ0) is 5.82. The van der Waals surface area contributed by atoms with Crippen molar-refractivity contribution in [2.24, 2.45) is 5.92 Å². The van der Waals surface area contributed by atoms with Crippen molar-refractivity contribution in [2.45, 2.75) is 6.42 Å². The largest absolute Gasteiger partial charge is 0.303 e. The standard InChI is InChI=1S/C5H8OS2/c6-3-5-1-2-7-8-4-5/h3,5H,1-2,4H2. The summed E-state index contributed by atoms with van der Waals surface area (Å²) in [6, 6.07) is 0. The minimum atomic E-state index is 0.348. The third-order valence-corrected chi connectivity index (χ3v) is 3.67. The van der Waals surface area contributed by atoms with Crippen LogP contribution in [0.5, 0.6) is 0 Å². The van der Waals surface area contributed by atoms with Crippen LogP contribution in [0.3, 0.4) is 0 Å². The van der Waals surface area contributed by atoms with Crippen molar-refractivity contribution in [2.75, 3.05) is 11.5 Å². The molecule has 1 rings (SSSR count). The fourth-order valence-electron chi connectivity index (χ4n) is 0.585. The monoisotopic (exact) mass is 148 g/mol. The molecule has 0 saturated carbocycles. The molecule has 0 N–H and O–H groups in total. The van der Waals surface area contributed by atoms with Gasteiger partial charge in [-0.05, 0) is 6.42 Å². The fourth-order valence-corrected chi connectivity index (χ4v) is 3.07. The molecule has 1 aliphatic heterocycles. The molecule has 3 heteroatoms. The van der Waals surface area contributed by atoms with E-state index in [0.29, 0.717) is 5.92 Å². The van der Waals surface area contributed by atoms with Crippen LogP contribution in [0, 0.1) is 5.92 Å². The predicted molar refractivity (Wildman–Crippen MR) is 39.1 cm³/mol. The smallest absolute Gasteiger partial charge is 0.123 e. The summed E-state index contributed by atoms with van der Waals surface area (Å²) < 4.78 is 0. The Morgan fingerprint density at radius 3 is 2.75 bits per heavy atom. The van der Waals surface area contributed by atoms with Crippen LogP contribution in [0.1, 0.15) is 6.42 Å². The van der Waals surface area contributed by atoms with Crippen LogP contribution in [0.15, 0.2) is 0 Å². The number of carbonyl (C=O) groups is 1. The Hall–Kier alpha value is 0.370. The molecule has 1 fully saturated rings. The molecule has 8 heavy (non-hydrogen) atoms. The molecule has 0 aromatic carbocycles. The maximum absolute atomic E-state index is 10.1. The molecule has 0 bridgehead atoms. The van der Waals surface area contributed by atoms with E-state index < -0.39 is 0 Å². The van der Waals surface area contributed by atoms with Gasteiger partial charge in [-0.15, -0.1) is 0 Å². The summed E-state index contributed by atoms with van der Waals surface area (Å²) in [6.07, 6.45) is 2.16.